The number of likely N-dealkylation sites (tertiary alicyclic amines) is 1. The molecule has 1 atom stereocenters. The summed E-state index contributed by atoms with van der Waals surface area (Å²) >= 11 is 0. The van der Waals surface area contributed by atoms with Gasteiger partial charge in [0.25, 0.3) is 5.91 Å². The van der Waals surface area contributed by atoms with Crippen molar-refractivity contribution < 1.29 is 32.2 Å². The summed E-state index contributed by atoms with van der Waals surface area (Å²) < 4.78 is 52.5. The number of amides is 2. The van der Waals surface area contributed by atoms with Gasteiger partial charge in [0.1, 0.15) is 11.9 Å². The minimum Gasteiger partial charge on any atom is -0.489 e. The van der Waals surface area contributed by atoms with Gasteiger partial charge < -0.3 is 19.7 Å². The van der Waals surface area contributed by atoms with E-state index in [1.165, 1.54) is 12.1 Å². The van der Waals surface area contributed by atoms with Gasteiger partial charge in [0.05, 0.1) is 24.4 Å². The maximum atomic E-state index is 13.5. The van der Waals surface area contributed by atoms with E-state index in [0.29, 0.717) is 43.2 Å². The predicted molar refractivity (Wildman–Crippen MR) is 121 cm³/mol. The van der Waals surface area contributed by atoms with Gasteiger partial charge in [0.15, 0.2) is 5.69 Å². The zero-order chi connectivity index (χ0) is 25.0. The Bertz CT molecular complexity index is 1180. The molecule has 184 valence electrons. The lowest BCUT2D eigenvalue weighted by atomic mass is 10.2. The van der Waals surface area contributed by atoms with Gasteiger partial charge in [-0.15, -0.1) is 0 Å². The van der Waals surface area contributed by atoms with E-state index >= 15 is 0 Å². The maximum Gasteiger partial charge on any atom is 0.435 e. The third-order valence-corrected chi connectivity index (χ3v) is 5.33. The Kier molecular flexibility index (Phi) is 6.94. The Hall–Kier alpha value is -4.02. The number of benzene rings is 2. The fourth-order valence-electron chi connectivity index (χ4n) is 3.68. The molecule has 2 heterocycles. The molecule has 0 saturated carbocycles. The third kappa shape index (κ3) is 5.73. The molecule has 0 aliphatic carbocycles. The van der Waals surface area contributed by atoms with Crippen LogP contribution in [0.2, 0.25) is 0 Å². The molecule has 1 aromatic heterocycles. The maximum absolute atomic E-state index is 13.5. The van der Waals surface area contributed by atoms with Crippen molar-refractivity contribution in [3.63, 3.8) is 0 Å². The average Bonchev–Trinajstić information content (AvgIpc) is 3.49. The van der Waals surface area contributed by atoms with Crippen molar-refractivity contribution in [2.45, 2.75) is 25.6 Å². The molecule has 2 aromatic carbocycles. The second kappa shape index (κ2) is 10.1. The summed E-state index contributed by atoms with van der Waals surface area (Å²) in [6.07, 6.45) is -3.70. The number of hydrogen-bond acceptors (Lipinski definition) is 5. The van der Waals surface area contributed by atoms with Gasteiger partial charge in [-0.05, 0) is 43.3 Å². The van der Waals surface area contributed by atoms with Crippen LogP contribution in [0.3, 0.4) is 0 Å². The zero-order valence-electron chi connectivity index (χ0n) is 18.8. The number of nitrogens with zero attached hydrogens (tertiary/aromatic N) is 3. The number of nitrogens with one attached hydrogen (secondary N) is 1. The molecule has 11 heteroatoms. The molecule has 1 aliphatic rings. The standard InChI is InChI=1S/C24H23F3N4O4/c1-2-34-23(33)30-13-12-19(14-30)35-18-10-8-16(9-11-18)28-22(32)20-15-31(17-6-4-3-5-7-17)29-21(20)24(25,26)27/h3-11,15,19H,2,12-14H2,1H3,(H,28,32)/t19-/m0/s1. The Balaban J connectivity index is 1.42. The topological polar surface area (TPSA) is 85.7 Å². The lowest BCUT2D eigenvalue weighted by molar-refractivity contribution is -0.141. The number of rotatable bonds is 6. The van der Waals surface area contributed by atoms with Crippen LogP contribution in [0.1, 0.15) is 29.4 Å². The van der Waals surface area contributed by atoms with Crippen LogP contribution in [0, 0.1) is 0 Å². The van der Waals surface area contributed by atoms with Crippen molar-refractivity contribution in [1.29, 1.82) is 0 Å². The average molecular weight is 488 g/mol. The van der Waals surface area contributed by atoms with Crippen molar-refractivity contribution in [3.8, 4) is 11.4 Å². The van der Waals surface area contributed by atoms with Gasteiger partial charge in [-0.2, -0.15) is 18.3 Å². The second-order valence-electron chi connectivity index (χ2n) is 7.82. The van der Waals surface area contributed by atoms with Crippen molar-refractivity contribution >= 4 is 17.7 Å². The van der Waals surface area contributed by atoms with E-state index in [1.54, 1.807) is 54.3 Å². The summed E-state index contributed by atoms with van der Waals surface area (Å²) in [5.41, 5.74) is -1.17. The van der Waals surface area contributed by atoms with Crippen LogP contribution in [-0.4, -0.2) is 52.5 Å². The van der Waals surface area contributed by atoms with Gasteiger partial charge in [0, 0.05) is 24.8 Å². The summed E-state index contributed by atoms with van der Waals surface area (Å²) in [7, 11) is 0. The number of anilines is 1. The van der Waals surface area contributed by atoms with Crippen molar-refractivity contribution in [2.75, 3.05) is 25.0 Å². The molecule has 0 bridgehead atoms. The van der Waals surface area contributed by atoms with Crippen LogP contribution in [0.25, 0.3) is 5.69 Å². The van der Waals surface area contributed by atoms with Gasteiger partial charge in [-0.3, -0.25) is 4.79 Å². The van der Waals surface area contributed by atoms with E-state index in [2.05, 4.69) is 10.4 Å². The molecule has 1 aliphatic heterocycles. The van der Waals surface area contributed by atoms with Crippen LogP contribution in [0.4, 0.5) is 23.7 Å². The first-order valence-corrected chi connectivity index (χ1v) is 11.0. The number of halogens is 3. The monoisotopic (exact) mass is 488 g/mol. The molecule has 4 rings (SSSR count). The Labute approximate surface area is 199 Å². The minimum atomic E-state index is -4.80. The second-order valence-corrected chi connectivity index (χ2v) is 7.82. The molecule has 0 radical (unpaired) electrons. The van der Waals surface area contributed by atoms with Crippen LogP contribution < -0.4 is 10.1 Å². The van der Waals surface area contributed by atoms with Gasteiger partial charge >= 0.3 is 12.3 Å². The summed E-state index contributed by atoms with van der Waals surface area (Å²) in [6.45, 7) is 2.95. The van der Waals surface area contributed by atoms with E-state index in [9.17, 15) is 22.8 Å². The smallest absolute Gasteiger partial charge is 0.435 e. The largest absolute Gasteiger partial charge is 0.489 e. The minimum absolute atomic E-state index is 0.210. The first kappa shape index (κ1) is 24.1. The van der Waals surface area contributed by atoms with Crippen LogP contribution in [0.15, 0.2) is 60.8 Å². The number of hydrogen-bond donors (Lipinski definition) is 1. The SMILES string of the molecule is CCOC(=O)N1CC[C@H](Oc2ccc(NC(=O)c3cn(-c4ccccc4)nc3C(F)(F)F)cc2)C1. The van der Waals surface area contributed by atoms with Crippen LogP contribution in [0.5, 0.6) is 5.75 Å². The zero-order valence-corrected chi connectivity index (χ0v) is 18.8. The predicted octanol–water partition coefficient (Wildman–Crippen LogP) is 4.75. The summed E-state index contributed by atoms with van der Waals surface area (Å²) in [5.74, 6) is -0.430. The van der Waals surface area contributed by atoms with E-state index in [0.717, 1.165) is 10.9 Å². The summed E-state index contributed by atoms with van der Waals surface area (Å²) in [4.78, 5) is 26.1. The number of alkyl halides is 3. The number of para-hydroxylation sites is 1. The fourth-order valence-corrected chi connectivity index (χ4v) is 3.68. The molecule has 0 spiro atoms. The number of ether oxygens (including phenoxy) is 2. The highest BCUT2D eigenvalue weighted by Gasteiger charge is 2.39. The lowest BCUT2D eigenvalue weighted by Crippen LogP contribution is -2.31. The molecule has 1 saturated heterocycles. The molecule has 0 unspecified atom stereocenters. The quantitative estimate of drug-likeness (QED) is 0.541. The molecular weight excluding hydrogens is 465 g/mol. The highest BCUT2D eigenvalue weighted by Crippen LogP contribution is 2.32. The lowest BCUT2D eigenvalue weighted by Gasteiger charge is -2.16. The fraction of sp³-hybridized carbons (Fsp3) is 0.292. The molecular formula is C24H23F3N4O4. The highest BCUT2D eigenvalue weighted by atomic mass is 19.4. The first-order valence-electron chi connectivity index (χ1n) is 11.0. The van der Waals surface area contributed by atoms with E-state index in [-0.39, 0.29) is 12.2 Å². The third-order valence-electron chi connectivity index (χ3n) is 5.33. The Morgan fingerprint density at radius 2 is 1.83 bits per heavy atom. The van der Waals surface area contributed by atoms with Crippen molar-refractivity contribution in [3.05, 3.63) is 72.1 Å². The van der Waals surface area contributed by atoms with Gasteiger partial charge in [0.2, 0.25) is 0 Å². The summed E-state index contributed by atoms with van der Waals surface area (Å²) in [6, 6.07) is 14.5. The van der Waals surface area contributed by atoms with Gasteiger partial charge in [-0.25, -0.2) is 9.48 Å². The first-order chi connectivity index (χ1) is 16.7. The summed E-state index contributed by atoms with van der Waals surface area (Å²) in [5, 5.41) is 6.07. The van der Waals surface area contributed by atoms with Crippen LogP contribution in [-0.2, 0) is 10.9 Å². The molecule has 1 N–H and O–H groups in total. The van der Waals surface area contributed by atoms with E-state index in [1.807, 2.05) is 0 Å². The molecule has 8 nitrogen and oxygen atoms in total. The van der Waals surface area contributed by atoms with E-state index in [4.69, 9.17) is 9.47 Å². The Morgan fingerprint density at radius 1 is 1.11 bits per heavy atom. The highest BCUT2D eigenvalue weighted by molar-refractivity contribution is 6.05. The van der Waals surface area contributed by atoms with Crippen LogP contribution >= 0.6 is 0 Å². The molecule has 2 amide bonds. The Morgan fingerprint density at radius 3 is 2.49 bits per heavy atom. The normalized spacial score (nSPS) is 15.7. The molecule has 1 fully saturated rings. The van der Waals surface area contributed by atoms with Gasteiger partial charge in [-0.1, -0.05) is 18.2 Å². The van der Waals surface area contributed by atoms with Crippen molar-refractivity contribution in [2.24, 2.45) is 0 Å². The number of carbonyl (C=O) groups is 2. The number of carbonyl (C=O) groups excluding carboxylic acids is 2. The van der Waals surface area contributed by atoms with Crippen molar-refractivity contribution in [1.82, 2.24) is 14.7 Å². The molecule has 3 aromatic rings. The molecule has 35 heavy (non-hydrogen) atoms. The number of aromatic nitrogens is 2. The van der Waals surface area contributed by atoms with E-state index < -0.39 is 23.3 Å².